The Morgan fingerprint density at radius 3 is 2.45 bits per heavy atom. The molecular weight excluding hydrogens is 384 g/mol. The Hall–Kier alpha value is -3.32. The first-order valence-corrected chi connectivity index (χ1v) is 10.2. The number of thioether (sulfide) groups is 1. The van der Waals surface area contributed by atoms with Gasteiger partial charge in [-0.15, -0.1) is 10.2 Å². The minimum atomic E-state index is 0.0119. The van der Waals surface area contributed by atoms with Crippen molar-refractivity contribution in [3.8, 4) is 5.69 Å². The molecule has 0 radical (unpaired) electrons. The van der Waals surface area contributed by atoms with Gasteiger partial charge in [0.25, 0.3) is 0 Å². The highest BCUT2D eigenvalue weighted by atomic mass is 32.2. The van der Waals surface area contributed by atoms with Crippen LogP contribution in [-0.2, 0) is 17.9 Å². The molecule has 4 aromatic rings. The highest BCUT2D eigenvalue weighted by molar-refractivity contribution is 7.99. The zero-order valence-corrected chi connectivity index (χ0v) is 16.5. The number of rotatable bonds is 8. The Bertz CT molecular complexity index is 1030. The van der Waals surface area contributed by atoms with Gasteiger partial charge in [-0.05, 0) is 29.8 Å². The van der Waals surface area contributed by atoms with E-state index in [0.29, 0.717) is 18.2 Å². The first-order chi connectivity index (χ1) is 14.3. The molecule has 0 atom stereocenters. The van der Waals surface area contributed by atoms with Gasteiger partial charge in [0.1, 0.15) is 12.1 Å². The number of nitrogens with zero attached hydrogens (tertiary/aromatic N) is 4. The summed E-state index contributed by atoms with van der Waals surface area (Å²) < 4.78 is 7.33. The van der Waals surface area contributed by atoms with Gasteiger partial charge in [-0.1, -0.05) is 60.3 Å². The monoisotopic (exact) mass is 404 g/mol. The number of carbonyl (C=O) groups is 1. The minimum absolute atomic E-state index is 0.0119. The second-order valence-electron chi connectivity index (χ2n) is 6.42. The first kappa shape index (κ1) is 19.0. The third kappa shape index (κ3) is 4.94. The van der Waals surface area contributed by atoms with E-state index in [0.717, 1.165) is 17.0 Å². The van der Waals surface area contributed by atoms with Crippen molar-refractivity contribution in [1.29, 1.82) is 0 Å². The lowest BCUT2D eigenvalue weighted by Gasteiger charge is -2.21. The molecule has 0 aliphatic heterocycles. The van der Waals surface area contributed by atoms with Crippen LogP contribution in [-0.4, -0.2) is 31.3 Å². The van der Waals surface area contributed by atoms with Crippen molar-refractivity contribution >= 4 is 17.7 Å². The minimum Gasteiger partial charge on any atom is -0.467 e. The lowest BCUT2D eigenvalue weighted by molar-refractivity contribution is -0.129. The van der Waals surface area contributed by atoms with Crippen molar-refractivity contribution in [3.63, 3.8) is 0 Å². The summed E-state index contributed by atoms with van der Waals surface area (Å²) in [4.78, 5) is 14.8. The summed E-state index contributed by atoms with van der Waals surface area (Å²) in [7, 11) is 0. The predicted octanol–water partition coefficient (Wildman–Crippen LogP) is 4.18. The Kier molecular flexibility index (Phi) is 6.07. The van der Waals surface area contributed by atoms with E-state index in [1.165, 1.54) is 11.8 Å². The summed E-state index contributed by atoms with van der Waals surface area (Å²) in [5.74, 6) is 1.03. The number of amides is 1. The second-order valence-corrected chi connectivity index (χ2v) is 7.37. The van der Waals surface area contributed by atoms with E-state index in [-0.39, 0.29) is 11.7 Å². The number of aromatic nitrogens is 3. The first-order valence-electron chi connectivity index (χ1n) is 9.22. The van der Waals surface area contributed by atoms with E-state index in [1.807, 2.05) is 77.4 Å². The molecule has 0 unspecified atom stereocenters. The predicted molar refractivity (Wildman–Crippen MR) is 111 cm³/mol. The molecule has 4 rings (SSSR count). The van der Waals surface area contributed by atoms with Gasteiger partial charge in [-0.3, -0.25) is 9.36 Å². The van der Waals surface area contributed by atoms with Gasteiger partial charge in [-0.2, -0.15) is 0 Å². The average molecular weight is 404 g/mol. The molecule has 0 aliphatic carbocycles. The highest BCUT2D eigenvalue weighted by Crippen LogP contribution is 2.21. The van der Waals surface area contributed by atoms with Crippen LogP contribution in [0.5, 0.6) is 0 Å². The molecule has 2 aromatic heterocycles. The van der Waals surface area contributed by atoms with Crippen LogP contribution in [0.15, 0.2) is 95.0 Å². The smallest absolute Gasteiger partial charge is 0.233 e. The SMILES string of the molecule is O=C(CSc1nncn1-c1ccccc1)N(Cc1ccccc1)Cc1ccco1. The fourth-order valence-electron chi connectivity index (χ4n) is 2.93. The summed E-state index contributed by atoms with van der Waals surface area (Å²) in [5.41, 5.74) is 2.04. The quantitative estimate of drug-likeness (QED) is 0.412. The zero-order valence-electron chi connectivity index (χ0n) is 15.7. The van der Waals surface area contributed by atoms with Gasteiger partial charge >= 0.3 is 0 Å². The number of carbonyl (C=O) groups excluding carboxylic acids is 1. The van der Waals surface area contributed by atoms with Gasteiger partial charge in [0, 0.05) is 12.2 Å². The van der Waals surface area contributed by atoms with Gasteiger partial charge in [0.15, 0.2) is 5.16 Å². The van der Waals surface area contributed by atoms with Crippen molar-refractivity contribution < 1.29 is 9.21 Å². The Balaban J connectivity index is 1.46. The maximum Gasteiger partial charge on any atom is 0.233 e. The summed E-state index contributed by atoms with van der Waals surface area (Å²) in [6.07, 6.45) is 3.28. The number of hydrogen-bond donors (Lipinski definition) is 0. The standard InChI is InChI=1S/C22H20N4O2S/c27-21(16-29-22-24-23-17-26(22)19-10-5-2-6-11-19)25(15-20-12-7-13-28-20)14-18-8-3-1-4-9-18/h1-13,17H,14-16H2. The average Bonchev–Trinajstić information content (AvgIpc) is 3.45. The molecular formula is C22H20N4O2S. The van der Waals surface area contributed by atoms with Crippen molar-refractivity contribution in [1.82, 2.24) is 19.7 Å². The maximum atomic E-state index is 13.0. The Morgan fingerprint density at radius 1 is 0.966 bits per heavy atom. The van der Waals surface area contributed by atoms with E-state index in [2.05, 4.69) is 10.2 Å². The summed E-state index contributed by atoms with van der Waals surface area (Å²) >= 11 is 1.38. The van der Waals surface area contributed by atoms with E-state index >= 15 is 0 Å². The number of para-hydroxylation sites is 1. The molecule has 7 heteroatoms. The van der Waals surface area contributed by atoms with Gasteiger partial charge < -0.3 is 9.32 Å². The topological polar surface area (TPSA) is 64.2 Å². The molecule has 146 valence electrons. The summed E-state index contributed by atoms with van der Waals surface area (Å²) in [5, 5.41) is 8.85. The van der Waals surface area contributed by atoms with Crippen molar-refractivity contribution in [2.75, 3.05) is 5.75 Å². The zero-order chi connectivity index (χ0) is 19.9. The molecule has 2 heterocycles. The molecule has 0 bridgehead atoms. The summed E-state index contributed by atoms with van der Waals surface area (Å²) in [6.45, 7) is 0.943. The number of benzene rings is 2. The number of furan rings is 1. The van der Waals surface area contributed by atoms with Crippen LogP contribution in [0.3, 0.4) is 0 Å². The van der Waals surface area contributed by atoms with Crippen molar-refractivity contribution in [2.24, 2.45) is 0 Å². The third-order valence-corrected chi connectivity index (χ3v) is 5.30. The molecule has 29 heavy (non-hydrogen) atoms. The molecule has 1 amide bonds. The molecule has 0 saturated carbocycles. The Morgan fingerprint density at radius 2 is 1.72 bits per heavy atom. The van der Waals surface area contributed by atoms with Crippen LogP contribution in [0.25, 0.3) is 5.69 Å². The fraction of sp³-hybridized carbons (Fsp3) is 0.136. The molecule has 2 aromatic carbocycles. The van der Waals surface area contributed by atoms with Gasteiger partial charge in [-0.25, -0.2) is 0 Å². The van der Waals surface area contributed by atoms with Gasteiger partial charge in [0.2, 0.25) is 5.91 Å². The van der Waals surface area contributed by atoms with Crippen LogP contribution in [0, 0.1) is 0 Å². The van der Waals surface area contributed by atoms with Crippen molar-refractivity contribution in [3.05, 3.63) is 96.7 Å². The van der Waals surface area contributed by atoms with E-state index in [1.54, 1.807) is 17.5 Å². The molecule has 0 aliphatic rings. The van der Waals surface area contributed by atoms with Crippen LogP contribution in [0.1, 0.15) is 11.3 Å². The lowest BCUT2D eigenvalue weighted by atomic mass is 10.2. The van der Waals surface area contributed by atoms with Crippen LogP contribution >= 0.6 is 11.8 Å². The van der Waals surface area contributed by atoms with E-state index < -0.39 is 0 Å². The summed E-state index contributed by atoms with van der Waals surface area (Å²) in [6, 6.07) is 23.5. The van der Waals surface area contributed by atoms with E-state index in [9.17, 15) is 4.79 Å². The van der Waals surface area contributed by atoms with Crippen molar-refractivity contribution in [2.45, 2.75) is 18.2 Å². The molecule has 0 saturated heterocycles. The maximum absolute atomic E-state index is 13.0. The lowest BCUT2D eigenvalue weighted by Crippen LogP contribution is -2.31. The second kappa shape index (κ2) is 9.25. The largest absolute Gasteiger partial charge is 0.467 e. The Labute approximate surface area is 173 Å². The van der Waals surface area contributed by atoms with E-state index in [4.69, 9.17) is 4.42 Å². The number of hydrogen-bond acceptors (Lipinski definition) is 5. The fourth-order valence-corrected chi connectivity index (χ4v) is 3.76. The molecule has 0 N–H and O–H groups in total. The van der Waals surface area contributed by atoms with Crippen LogP contribution < -0.4 is 0 Å². The van der Waals surface area contributed by atoms with Crippen LogP contribution in [0.2, 0.25) is 0 Å². The third-order valence-electron chi connectivity index (χ3n) is 4.37. The van der Waals surface area contributed by atoms with Gasteiger partial charge in [0.05, 0.1) is 18.6 Å². The van der Waals surface area contributed by atoms with Crippen LogP contribution in [0.4, 0.5) is 0 Å². The molecule has 0 fully saturated rings. The molecule has 0 spiro atoms. The normalized spacial score (nSPS) is 10.8. The highest BCUT2D eigenvalue weighted by Gasteiger charge is 2.18. The molecule has 6 nitrogen and oxygen atoms in total.